The molecule has 0 unspecified atom stereocenters. The molecule has 0 bridgehead atoms. The first-order valence-corrected chi connectivity index (χ1v) is 9.69. The van der Waals surface area contributed by atoms with Gasteiger partial charge in [0.15, 0.2) is 0 Å². The maximum atomic E-state index is 12.8. The lowest BCUT2D eigenvalue weighted by Gasteiger charge is -2.27. The first-order chi connectivity index (χ1) is 13.0. The minimum atomic E-state index is -1.17. The van der Waals surface area contributed by atoms with Crippen LogP contribution in [0.1, 0.15) is 38.1 Å². The molecule has 0 saturated heterocycles. The molecule has 0 fully saturated rings. The molecule has 10 heteroatoms. The van der Waals surface area contributed by atoms with Crippen molar-refractivity contribution >= 4 is 33.9 Å². The summed E-state index contributed by atoms with van der Waals surface area (Å²) in [6.45, 7) is 9.62. The Labute approximate surface area is 166 Å². The third-order valence-electron chi connectivity index (χ3n) is 4.27. The molecule has 2 rings (SSSR count). The second kappa shape index (κ2) is 8.27. The van der Waals surface area contributed by atoms with Crippen LogP contribution in [0.3, 0.4) is 0 Å². The number of nitrogens with zero attached hydrogens (tertiary/aromatic N) is 4. The fraction of sp³-hybridized carbons (Fsp3) is 0.556. The number of hydrazone groups is 1. The number of ether oxygens (including phenoxy) is 1. The van der Waals surface area contributed by atoms with E-state index < -0.39 is 11.6 Å². The van der Waals surface area contributed by atoms with Crippen molar-refractivity contribution in [2.24, 2.45) is 5.10 Å². The van der Waals surface area contributed by atoms with Crippen LogP contribution in [-0.2, 0) is 17.8 Å². The number of hydrogen-bond donors (Lipinski definition) is 1. The molecule has 2 aromatic heterocycles. The van der Waals surface area contributed by atoms with E-state index in [1.807, 2.05) is 0 Å². The number of fused-ring (bicyclic) bond motifs is 1. The summed E-state index contributed by atoms with van der Waals surface area (Å²) >= 11 is 1.24. The average Bonchev–Trinajstić information content (AvgIpc) is 2.91. The van der Waals surface area contributed by atoms with Crippen LogP contribution < -0.4 is 11.2 Å². The molecule has 1 amide bonds. The van der Waals surface area contributed by atoms with E-state index in [2.05, 4.69) is 5.10 Å². The summed E-state index contributed by atoms with van der Waals surface area (Å²) in [5, 5.41) is 14.9. The summed E-state index contributed by atoms with van der Waals surface area (Å²) in [6.07, 6.45) is 0.258. The molecule has 28 heavy (non-hydrogen) atoms. The van der Waals surface area contributed by atoms with Crippen LogP contribution in [0.4, 0.5) is 4.79 Å². The van der Waals surface area contributed by atoms with Crippen molar-refractivity contribution in [3.8, 4) is 0 Å². The number of methoxy groups -OCH3 is 1. The van der Waals surface area contributed by atoms with E-state index in [4.69, 9.17) is 4.74 Å². The molecule has 0 spiro atoms. The number of hydrogen-bond acceptors (Lipinski definition) is 6. The van der Waals surface area contributed by atoms with Gasteiger partial charge in [0.05, 0.1) is 35.2 Å². The van der Waals surface area contributed by atoms with E-state index in [1.165, 1.54) is 26.7 Å². The highest BCUT2D eigenvalue weighted by Crippen LogP contribution is 2.27. The van der Waals surface area contributed by atoms with E-state index in [-0.39, 0.29) is 17.8 Å². The van der Waals surface area contributed by atoms with Crippen LogP contribution >= 0.6 is 11.3 Å². The van der Waals surface area contributed by atoms with Crippen LogP contribution in [0, 0.1) is 6.92 Å². The second-order valence-corrected chi connectivity index (χ2v) is 8.29. The lowest BCUT2D eigenvalue weighted by Crippen LogP contribution is -2.41. The van der Waals surface area contributed by atoms with Gasteiger partial charge in [0, 0.05) is 13.7 Å². The molecule has 9 nitrogen and oxygen atoms in total. The number of carboxylic acid groups (broad SMARTS) is 1. The summed E-state index contributed by atoms with van der Waals surface area (Å²) in [5.41, 5.74) is -0.789. The largest absolute Gasteiger partial charge is 0.464 e. The zero-order valence-corrected chi connectivity index (χ0v) is 17.8. The molecule has 0 aliphatic heterocycles. The topological polar surface area (TPSA) is 106 Å². The van der Waals surface area contributed by atoms with Gasteiger partial charge in [-0.15, -0.1) is 11.3 Å². The smallest absolute Gasteiger partial charge is 0.428 e. The molecule has 0 radical (unpaired) electrons. The van der Waals surface area contributed by atoms with Crippen LogP contribution in [0.15, 0.2) is 14.7 Å². The van der Waals surface area contributed by atoms with Crippen LogP contribution in [-0.4, -0.2) is 50.8 Å². The van der Waals surface area contributed by atoms with Gasteiger partial charge in [-0.2, -0.15) is 10.1 Å². The Morgan fingerprint density at radius 2 is 1.96 bits per heavy atom. The predicted molar refractivity (Wildman–Crippen MR) is 110 cm³/mol. The standard InChI is InChI=1S/C18H26N4O5S/c1-7-20-14(23)13-11(2)12(10-19-22(17(25)26)18(3,4)5)28-15(13)21(16(20)24)8-9-27-6/h10H,7-9H2,1-6H3,(H,25,26)/b19-10+. The number of rotatable bonds is 6. The van der Waals surface area contributed by atoms with Gasteiger partial charge in [-0.05, 0) is 40.2 Å². The SMILES string of the molecule is CCn1c(=O)c2c(C)c(/C=N/N(C(=O)O)C(C)(C)C)sc2n(CCOC)c1=O. The predicted octanol–water partition coefficient (Wildman–Crippen LogP) is 2.31. The molecule has 0 aliphatic carbocycles. The number of carbonyl (C=O) groups is 1. The molecule has 2 aromatic rings. The molecular formula is C18H26N4O5S. The van der Waals surface area contributed by atoms with Gasteiger partial charge in [-0.1, -0.05) is 0 Å². The molecule has 1 N–H and O–H groups in total. The Morgan fingerprint density at radius 1 is 1.32 bits per heavy atom. The van der Waals surface area contributed by atoms with Crippen LogP contribution in [0.2, 0.25) is 0 Å². The van der Waals surface area contributed by atoms with Gasteiger partial charge in [0.2, 0.25) is 0 Å². The van der Waals surface area contributed by atoms with Gasteiger partial charge >= 0.3 is 11.8 Å². The highest BCUT2D eigenvalue weighted by molar-refractivity contribution is 7.20. The summed E-state index contributed by atoms with van der Waals surface area (Å²) < 4.78 is 7.81. The van der Waals surface area contributed by atoms with Crippen molar-refractivity contribution in [3.05, 3.63) is 31.3 Å². The highest BCUT2D eigenvalue weighted by Gasteiger charge is 2.26. The summed E-state index contributed by atoms with van der Waals surface area (Å²) in [7, 11) is 1.54. The molecule has 0 atom stereocenters. The summed E-state index contributed by atoms with van der Waals surface area (Å²) in [5.74, 6) is 0. The molecule has 0 saturated carbocycles. The quantitative estimate of drug-likeness (QED) is 0.581. The van der Waals surface area contributed by atoms with E-state index in [0.29, 0.717) is 33.8 Å². The van der Waals surface area contributed by atoms with Crippen LogP contribution in [0.5, 0.6) is 0 Å². The number of aromatic nitrogens is 2. The van der Waals surface area contributed by atoms with Crippen molar-refractivity contribution in [3.63, 3.8) is 0 Å². The fourth-order valence-corrected chi connectivity index (χ4v) is 4.00. The fourth-order valence-electron chi connectivity index (χ4n) is 2.81. The van der Waals surface area contributed by atoms with Crippen molar-refractivity contribution in [2.75, 3.05) is 13.7 Å². The maximum absolute atomic E-state index is 12.8. The van der Waals surface area contributed by atoms with Crippen molar-refractivity contribution < 1.29 is 14.6 Å². The number of amides is 1. The Bertz CT molecular complexity index is 1030. The molecule has 0 aromatic carbocycles. The van der Waals surface area contributed by atoms with E-state index in [0.717, 1.165) is 5.01 Å². The van der Waals surface area contributed by atoms with Crippen LogP contribution in [0.25, 0.3) is 10.2 Å². The van der Waals surface area contributed by atoms with E-state index in [9.17, 15) is 19.5 Å². The van der Waals surface area contributed by atoms with Crippen molar-refractivity contribution in [1.29, 1.82) is 0 Å². The summed E-state index contributed by atoms with van der Waals surface area (Å²) in [4.78, 5) is 38.2. The Balaban J connectivity index is 2.71. The average molecular weight is 410 g/mol. The van der Waals surface area contributed by atoms with Crippen molar-refractivity contribution in [1.82, 2.24) is 14.1 Å². The summed E-state index contributed by atoms with van der Waals surface area (Å²) in [6, 6.07) is 0. The van der Waals surface area contributed by atoms with Crippen molar-refractivity contribution in [2.45, 2.75) is 53.2 Å². The van der Waals surface area contributed by atoms with Gasteiger partial charge in [0.25, 0.3) is 5.56 Å². The zero-order valence-electron chi connectivity index (χ0n) is 17.0. The minimum Gasteiger partial charge on any atom is -0.464 e. The van der Waals surface area contributed by atoms with Gasteiger partial charge in [0.1, 0.15) is 4.83 Å². The maximum Gasteiger partial charge on any atom is 0.428 e. The zero-order chi connectivity index (χ0) is 21.2. The lowest BCUT2D eigenvalue weighted by atomic mass is 10.1. The van der Waals surface area contributed by atoms with Gasteiger partial charge < -0.3 is 9.84 Å². The third-order valence-corrected chi connectivity index (χ3v) is 5.52. The first kappa shape index (κ1) is 21.8. The molecule has 154 valence electrons. The van der Waals surface area contributed by atoms with Gasteiger partial charge in [-0.25, -0.2) is 9.59 Å². The normalized spacial score (nSPS) is 12.2. The first-order valence-electron chi connectivity index (χ1n) is 8.87. The number of aryl methyl sites for hydroxylation is 1. The Kier molecular flexibility index (Phi) is 6.45. The molecule has 2 heterocycles. The van der Waals surface area contributed by atoms with E-state index in [1.54, 1.807) is 41.7 Å². The lowest BCUT2D eigenvalue weighted by molar-refractivity contribution is 0.103. The third kappa shape index (κ3) is 4.02. The monoisotopic (exact) mass is 410 g/mol. The molecular weight excluding hydrogens is 384 g/mol. The van der Waals surface area contributed by atoms with E-state index >= 15 is 0 Å². The number of thiophene rings is 1. The Hall–Kier alpha value is -2.46. The Morgan fingerprint density at radius 3 is 2.46 bits per heavy atom. The minimum absolute atomic E-state index is 0.260. The molecule has 0 aliphatic rings. The second-order valence-electron chi connectivity index (χ2n) is 7.26. The van der Waals surface area contributed by atoms with Gasteiger partial charge in [-0.3, -0.25) is 13.9 Å². The highest BCUT2D eigenvalue weighted by atomic mass is 32.1.